The summed E-state index contributed by atoms with van der Waals surface area (Å²) in [5.74, 6) is 0. The largest absolute Gasteiger partial charge is 4.00 e. The van der Waals surface area contributed by atoms with E-state index in [4.69, 9.17) is 0 Å². The molecule has 0 saturated carbocycles. The van der Waals surface area contributed by atoms with Crippen LogP contribution < -0.4 is 24.8 Å². The number of hydrogen-bond acceptors (Lipinski definition) is 2. The minimum absolute atomic E-state index is 0. The van der Waals surface area contributed by atoms with Crippen molar-refractivity contribution in [2.24, 2.45) is 0 Å². The van der Waals surface area contributed by atoms with E-state index in [1.807, 2.05) is 0 Å². The first-order chi connectivity index (χ1) is 0. The molecule has 0 saturated heterocycles. The third kappa shape index (κ3) is 38.7. The van der Waals surface area contributed by atoms with Gasteiger partial charge in [0.05, 0.1) is 0 Å². The van der Waals surface area contributed by atoms with E-state index in [9.17, 15) is 0 Å². The van der Waals surface area contributed by atoms with E-state index in [0.29, 0.717) is 0 Å². The second kappa shape index (κ2) is 67.1. The van der Waals surface area contributed by atoms with Gasteiger partial charge in [0.1, 0.15) is 0 Å². The van der Waals surface area contributed by atoms with Gasteiger partial charge < -0.3 is 35.8 Å². The quantitative estimate of drug-likeness (QED) is 0.446. The summed E-state index contributed by atoms with van der Waals surface area (Å²) in [6.07, 6.45) is 0. The van der Waals surface area contributed by atoms with Gasteiger partial charge in [-0.15, -0.1) is 0 Å². The summed E-state index contributed by atoms with van der Waals surface area (Å²) in [6, 6.07) is 0. The Morgan fingerprint density at radius 1 is 0.600 bits per heavy atom. The zero-order valence-corrected chi connectivity index (χ0v) is 5.89. The predicted molar refractivity (Wildman–Crippen MR) is 3.87 cm³/mol. The van der Waals surface area contributed by atoms with Crippen molar-refractivity contribution in [2.75, 3.05) is 0 Å². The van der Waals surface area contributed by atoms with Crippen LogP contribution in [0.2, 0.25) is 0 Å². The van der Waals surface area contributed by atoms with Gasteiger partial charge in [0.2, 0.25) is 0 Å². The molecule has 0 aromatic rings. The molecule has 0 unspecified atom stereocenters. The van der Waals surface area contributed by atoms with Crippen LogP contribution in [0.4, 0.5) is 0 Å². The van der Waals surface area contributed by atoms with Gasteiger partial charge in [-0.1, -0.05) is 0 Å². The Labute approximate surface area is 56.1 Å². The van der Waals surface area contributed by atoms with Crippen molar-refractivity contribution in [2.45, 2.75) is 0 Å². The van der Waals surface area contributed by atoms with Gasteiger partial charge in [0, 0.05) is 0 Å². The van der Waals surface area contributed by atoms with E-state index in [-0.39, 0.29) is 55.9 Å². The van der Waals surface area contributed by atoms with Gasteiger partial charge in [-0.3, -0.25) is 0 Å². The molecule has 0 amide bonds. The molecule has 0 aliphatic carbocycles. The van der Waals surface area contributed by atoms with Crippen LogP contribution in [0.25, 0.3) is 0 Å². The van der Waals surface area contributed by atoms with Crippen molar-refractivity contribution in [1.82, 2.24) is 0 Å². The average Bonchev–Trinajstić information content (AvgIpc) is 0. The molecule has 37 valence electrons. The van der Waals surface area contributed by atoms with Gasteiger partial charge in [-0.25, -0.2) is 0 Å². The summed E-state index contributed by atoms with van der Waals surface area (Å²) in [6.45, 7) is 0. The molecule has 0 rings (SSSR count). The number of hydrogen-bond donors (Lipinski definition) is 0. The zero-order valence-electron chi connectivity index (χ0n) is 1.98. The number of halogens is 2. The summed E-state index contributed by atoms with van der Waals surface area (Å²) in [4.78, 5) is 0. The second-order valence-corrected chi connectivity index (χ2v) is 0. The Balaban J connectivity index is 0. The first-order valence-electron chi connectivity index (χ1n) is 0. The maximum absolute atomic E-state index is 0. The molecule has 0 fully saturated rings. The fourth-order valence-electron chi connectivity index (χ4n) is 0. The van der Waals surface area contributed by atoms with Crippen molar-refractivity contribution in [3.05, 3.63) is 0 Å². The summed E-state index contributed by atoms with van der Waals surface area (Å²) in [5.41, 5.74) is 0. The molecule has 0 heterocycles. The fourth-order valence-corrected chi connectivity index (χ4v) is 0. The Morgan fingerprint density at radius 2 is 0.600 bits per heavy atom. The third-order valence-corrected chi connectivity index (χ3v) is 0. The van der Waals surface area contributed by atoms with Crippen molar-refractivity contribution in [3.63, 3.8) is 0 Å². The van der Waals surface area contributed by atoms with Gasteiger partial charge in [0.25, 0.3) is 0 Å². The van der Waals surface area contributed by atoms with Crippen LogP contribution in [0.1, 0.15) is 0 Å². The van der Waals surface area contributed by atoms with Crippen LogP contribution in [0.15, 0.2) is 0 Å². The summed E-state index contributed by atoms with van der Waals surface area (Å²) in [5, 5.41) is 0. The van der Waals surface area contributed by atoms with Crippen LogP contribution in [0, 0.1) is 0 Å². The van der Waals surface area contributed by atoms with Crippen molar-refractivity contribution >= 4 is 0 Å². The normalized spacial score (nSPS) is 0. The molecule has 0 aromatic heterocycles. The molecular weight excluding hydrogens is 295 g/mol. The Hall–Kier alpha value is 1.15. The maximum Gasteiger partial charge on any atom is 4.00 e. The van der Waals surface area contributed by atoms with Gasteiger partial charge in [-0.2, -0.15) is 0 Å². The average molecular weight is 297 g/mol. The summed E-state index contributed by atoms with van der Waals surface area (Å²) < 4.78 is 0. The van der Waals surface area contributed by atoms with Gasteiger partial charge in [-0.05, 0) is 0 Å². The molecule has 2 nitrogen and oxygen atoms in total. The topological polar surface area (TPSA) is 60.0 Å². The summed E-state index contributed by atoms with van der Waals surface area (Å²) in [7, 11) is 0. The van der Waals surface area contributed by atoms with Crippen molar-refractivity contribution in [1.29, 1.82) is 0 Å². The van der Waals surface area contributed by atoms with E-state index in [2.05, 4.69) is 0 Å². The van der Waals surface area contributed by atoms with Crippen LogP contribution in [0.3, 0.4) is 0 Å². The number of rotatable bonds is 0. The Morgan fingerprint density at radius 3 is 0.600 bits per heavy atom. The zero-order chi connectivity index (χ0) is 0. The van der Waals surface area contributed by atoms with Crippen molar-refractivity contribution < 1.29 is 55.9 Å². The van der Waals surface area contributed by atoms with E-state index >= 15 is 0 Å². The predicted octanol–water partition coefficient (Wildman–Crippen LogP) is -6.35. The third-order valence-electron chi connectivity index (χ3n) is 0. The van der Waals surface area contributed by atoms with E-state index < -0.39 is 0 Å². The first kappa shape index (κ1) is 123. The summed E-state index contributed by atoms with van der Waals surface area (Å²) >= 11 is 0. The van der Waals surface area contributed by atoms with E-state index in [1.165, 1.54) is 0 Å². The minimum Gasteiger partial charge on any atom is -1.00 e. The molecule has 5 heavy (non-hydrogen) atoms. The van der Waals surface area contributed by atoms with E-state index in [1.54, 1.807) is 0 Å². The molecule has 0 spiro atoms. The maximum atomic E-state index is 0. The molecule has 2 N–H and O–H groups in total. The fraction of sp³-hybridized carbons (Fsp3) is 0. The Kier molecular flexibility index (Phi) is 1660. The molecule has 0 aromatic carbocycles. The molecule has 0 aliphatic heterocycles. The SMILES string of the molecule is [Cl-].[Cl-].[Ir+4].[OH-].[OH-]. The smallest absolute Gasteiger partial charge is 1.00 e. The van der Waals surface area contributed by atoms with Crippen LogP contribution in [-0.4, -0.2) is 11.0 Å². The van der Waals surface area contributed by atoms with Gasteiger partial charge in [0.15, 0.2) is 0 Å². The molecule has 0 bridgehead atoms. The monoisotopic (exact) mass is 297 g/mol. The Bertz CT molecular complexity index is 7.61. The van der Waals surface area contributed by atoms with Crippen molar-refractivity contribution in [3.8, 4) is 0 Å². The standard InChI is InChI=1S/2ClH.Ir.2H2O/h2*1H;;2*1H2/q;;+4;;/p-4. The minimum atomic E-state index is 0. The second-order valence-electron chi connectivity index (χ2n) is 0. The van der Waals surface area contributed by atoms with Gasteiger partial charge >= 0.3 is 20.1 Å². The van der Waals surface area contributed by atoms with Crippen LogP contribution in [0.5, 0.6) is 0 Å². The molecule has 0 atom stereocenters. The molecular formula is H2Cl2IrO2. The van der Waals surface area contributed by atoms with E-state index in [0.717, 1.165) is 0 Å². The first-order valence-corrected chi connectivity index (χ1v) is 0. The molecule has 5 heteroatoms. The molecule has 1 radical (unpaired) electrons. The van der Waals surface area contributed by atoms with Crippen LogP contribution in [-0.2, 0) is 20.1 Å². The molecule has 0 aliphatic rings. The van der Waals surface area contributed by atoms with Crippen LogP contribution >= 0.6 is 0 Å².